The summed E-state index contributed by atoms with van der Waals surface area (Å²) in [7, 11) is 0. The molecule has 2 aliphatic rings. The van der Waals surface area contributed by atoms with Crippen LogP contribution in [-0.2, 0) is 0 Å². The Balaban J connectivity index is 1.74. The maximum Gasteiger partial charge on any atom is 0.270 e. The Bertz CT molecular complexity index is 1200. The number of halogens is 1. The second kappa shape index (κ2) is 5.38. The average molecular weight is 366 g/mol. The van der Waals surface area contributed by atoms with E-state index in [9.17, 15) is 9.18 Å². The molecule has 0 fully saturated rings. The molecule has 0 N–H and O–H groups in total. The Morgan fingerprint density at radius 1 is 1.27 bits per heavy atom. The van der Waals surface area contributed by atoms with E-state index in [1.165, 1.54) is 23.5 Å². The number of hydrogen-bond donors (Lipinski definition) is 0. The number of aromatic nitrogens is 1. The number of para-hydroxylation sites is 1. The first-order valence-corrected chi connectivity index (χ1v) is 9.21. The van der Waals surface area contributed by atoms with Crippen LogP contribution in [0.15, 0.2) is 58.3 Å². The van der Waals surface area contributed by atoms with Crippen LogP contribution in [0.5, 0.6) is 5.75 Å². The molecule has 0 amide bonds. The van der Waals surface area contributed by atoms with E-state index in [4.69, 9.17) is 9.73 Å². The molecule has 1 aromatic heterocycles. The lowest BCUT2D eigenvalue weighted by molar-refractivity contribution is 0.0410. The van der Waals surface area contributed by atoms with Crippen molar-refractivity contribution >= 4 is 17.4 Å². The van der Waals surface area contributed by atoms with Crippen molar-refractivity contribution in [2.75, 3.05) is 0 Å². The van der Waals surface area contributed by atoms with Gasteiger partial charge in [0.05, 0.1) is 10.6 Å². The summed E-state index contributed by atoms with van der Waals surface area (Å²) in [6.45, 7) is 1.95. The molecule has 0 saturated carbocycles. The molecule has 6 heteroatoms. The summed E-state index contributed by atoms with van der Waals surface area (Å²) in [5.74, 6) is 0.484. The van der Waals surface area contributed by atoms with Crippen LogP contribution in [-0.4, -0.2) is 10.3 Å². The van der Waals surface area contributed by atoms with Gasteiger partial charge in [-0.2, -0.15) is 0 Å². The minimum atomic E-state index is -0.663. The van der Waals surface area contributed by atoms with Crippen molar-refractivity contribution in [1.82, 2.24) is 4.57 Å². The third kappa shape index (κ3) is 2.33. The molecule has 3 aromatic rings. The van der Waals surface area contributed by atoms with Crippen LogP contribution in [0.25, 0.3) is 6.08 Å². The van der Waals surface area contributed by atoms with Crippen molar-refractivity contribution in [3.63, 3.8) is 0 Å². The molecular weight excluding hydrogens is 351 g/mol. The second-order valence-electron chi connectivity index (χ2n) is 6.77. The molecule has 4 nitrogen and oxygen atoms in total. The molecular formula is C20H15FN2O2S. The van der Waals surface area contributed by atoms with Gasteiger partial charge in [-0.15, -0.1) is 0 Å². The van der Waals surface area contributed by atoms with Crippen molar-refractivity contribution in [3.8, 4) is 5.75 Å². The maximum atomic E-state index is 13.1. The van der Waals surface area contributed by atoms with Crippen molar-refractivity contribution in [3.05, 3.63) is 85.2 Å². The summed E-state index contributed by atoms with van der Waals surface area (Å²) in [5, 5.41) is 0. The molecule has 2 bridgehead atoms. The van der Waals surface area contributed by atoms with E-state index in [0.717, 1.165) is 16.9 Å². The van der Waals surface area contributed by atoms with Crippen LogP contribution in [0.2, 0.25) is 0 Å². The lowest BCUT2D eigenvalue weighted by atomic mass is 9.93. The first kappa shape index (κ1) is 15.5. The quantitative estimate of drug-likeness (QED) is 0.664. The minimum Gasteiger partial charge on any atom is -0.466 e. The van der Waals surface area contributed by atoms with Gasteiger partial charge in [0.25, 0.3) is 5.56 Å². The van der Waals surface area contributed by atoms with E-state index in [0.29, 0.717) is 15.8 Å². The van der Waals surface area contributed by atoms with Gasteiger partial charge in [-0.05, 0) is 36.8 Å². The number of nitrogens with zero attached hydrogens (tertiary/aromatic N) is 2. The summed E-state index contributed by atoms with van der Waals surface area (Å²) in [5.41, 5.74) is 1.06. The molecule has 130 valence electrons. The first-order valence-electron chi connectivity index (χ1n) is 8.39. The topological polar surface area (TPSA) is 43.6 Å². The molecule has 0 saturated heterocycles. The Labute approximate surface area is 152 Å². The Morgan fingerprint density at radius 3 is 2.85 bits per heavy atom. The smallest absolute Gasteiger partial charge is 0.270 e. The fourth-order valence-electron chi connectivity index (χ4n) is 3.65. The summed E-state index contributed by atoms with van der Waals surface area (Å²) < 4.78 is 21.6. The van der Waals surface area contributed by atoms with Crippen molar-refractivity contribution in [2.24, 2.45) is 4.99 Å². The molecule has 2 atom stereocenters. The van der Waals surface area contributed by atoms with Crippen LogP contribution in [0.4, 0.5) is 4.39 Å². The SMILES string of the molecule is C[C@]12C[C@@H](c3ccccc3O1)n1c(s/c(=C\c3ccc(F)cc3)c1=O)=N2. The van der Waals surface area contributed by atoms with E-state index in [1.807, 2.05) is 31.2 Å². The van der Waals surface area contributed by atoms with E-state index in [1.54, 1.807) is 22.8 Å². The van der Waals surface area contributed by atoms with Crippen LogP contribution in [0.3, 0.4) is 0 Å². The van der Waals surface area contributed by atoms with Crippen molar-refractivity contribution in [1.29, 1.82) is 0 Å². The van der Waals surface area contributed by atoms with Crippen LogP contribution >= 0.6 is 11.3 Å². The minimum absolute atomic E-state index is 0.0678. The maximum absolute atomic E-state index is 13.1. The Morgan fingerprint density at radius 2 is 2.04 bits per heavy atom. The van der Waals surface area contributed by atoms with Crippen LogP contribution < -0.4 is 19.6 Å². The monoisotopic (exact) mass is 366 g/mol. The number of thiazole rings is 1. The zero-order valence-corrected chi connectivity index (χ0v) is 14.8. The van der Waals surface area contributed by atoms with Crippen molar-refractivity contribution < 1.29 is 9.13 Å². The lowest BCUT2D eigenvalue weighted by Gasteiger charge is -2.39. The van der Waals surface area contributed by atoms with Gasteiger partial charge in [-0.3, -0.25) is 9.36 Å². The molecule has 3 heterocycles. The standard InChI is InChI=1S/C20H15FN2O2S/c1-20-11-15(14-4-2-3-5-16(14)25-20)23-18(24)17(26-19(23)22-20)10-12-6-8-13(21)9-7-12/h2-10,15H,11H2,1H3/b17-10-/t15-,20+/m0/s1. The van der Waals surface area contributed by atoms with Gasteiger partial charge in [-0.1, -0.05) is 41.7 Å². The van der Waals surface area contributed by atoms with Gasteiger partial charge >= 0.3 is 0 Å². The molecule has 2 aliphatic heterocycles. The first-order chi connectivity index (χ1) is 12.5. The third-order valence-corrected chi connectivity index (χ3v) is 5.81. The van der Waals surface area contributed by atoms with E-state index in [-0.39, 0.29) is 17.4 Å². The fraction of sp³-hybridized carbons (Fsp3) is 0.200. The van der Waals surface area contributed by atoms with E-state index < -0.39 is 5.72 Å². The molecule has 0 aliphatic carbocycles. The second-order valence-corrected chi connectivity index (χ2v) is 7.78. The lowest BCUT2D eigenvalue weighted by Crippen LogP contribution is -2.49. The van der Waals surface area contributed by atoms with Crippen molar-refractivity contribution in [2.45, 2.75) is 25.1 Å². The predicted molar refractivity (Wildman–Crippen MR) is 97.6 cm³/mol. The van der Waals surface area contributed by atoms with Gasteiger partial charge in [0.15, 0.2) is 4.80 Å². The number of hydrogen-bond acceptors (Lipinski definition) is 4. The third-order valence-electron chi connectivity index (χ3n) is 4.83. The fourth-order valence-corrected chi connectivity index (χ4v) is 4.77. The number of ether oxygens (including phenoxy) is 1. The van der Waals surface area contributed by atoms with Crippen LogP contribution in [0, 0.1) is 5.82 Å². The van der Waals surface area contributed by atoms with Gasteiger partial charge in [0, 0.05) is 12.0 Å². The van der Waals surface area contributed by atoms with E-state index >= 15 is 0 Å². The highest BCUT2D eigenvalue weighted by Gasteiger charge is 2.42. The van der Waals surface area contributed by atoms with Crippen LogP contribution in [0.1, 0.15) is 30.5 Å². The highest BCUT2D eigenvalue weighted by atomic mass is 32.1. The molecule has 0 spiro atoms. The molecule has 0 unspecified atom stereocenters. The number of rotatable bonds is 1. The Kier molecular flexibility index (Phi) is 3.21. The van der Waals surface area contributed by atoms with Gasteiger partial charge in [-0.25, -0.2) is 9.38 Å². The summed E-state index contributed by atoms with van der Waals surface area (Å²) in [6.07, 6.45) is 2.41. The highest BCUT2D eigenvalue weighted by molar-refractivity contribution is 7.07. The number of benzene rings is 2. The molecule has 26 heavy (non-hydrogen) atoms. The largest absolute Gasteiger partial charge is 0.466 e. The normalized spacial score (nSPS) is 23.6. The summed E-state index contributed by atoms with van der Waals surface area (Å²) in [6, 6.07) is 13.8. The average Bonchev–Trinajstić information content (AvgIpc) is 2.91. The number of fused-ring (bicyclic) bond motifs is 6. The van der Waals surface area contributed by atoms with Gasteiger partial charge < -0.3 is 4.74 Å². The Hall–Kier alpha value is -2.73. The zero-order chi connectivity index (χ0) is 17.9. The zero-order valence-electron chi connectivity index (χ0n) is 14.0. The highest BCUT2D eigenvalue weighted by Crippen LogP contribution is 2.42. The summed E-state index contributed by atoms with van der Waals surface area (Å²) in [4.78, 5) is 18.4. The molecule has 2 aromatic carbocycles. The molecule has 5 rings (SSSR count). The molecule has 0 radical (unpaired) electrons. The summed E-state index contributed by atoms with van der Waals surface area (Å²) >= 11 is 1.35. The van der Waals surface area contributed by atoms with E-state index in [2.05, 4.69) is 0 Å². The predicted octanol–water partition coefficient (Wildman–Crippen LogP) is 2.60. The van der Waals surface area contributed by atoms with Gasteiger partial charge in [0.2, 0.25) is 5.72 Å². The van der Waals surface area contributed by atoms with Gasteiger partial charge in [0.1, 0.15) is 11.6 Å².